The molecule has 2 amide bonds. The lowest BCUT2D eigenvalue weighted by Crippen LogP contribution is -2.47. The number of hydrogen-bond donors (Lipinski definition) is 0. The molecule has 0 bridgehead atoms. The predicted octanol–water partition coefficient (Wildman–Crippen LogP) is 3.60. The molecule has 2 aromatic rings. The van der Waals surface area contributed by atoms with Crippen LogP contribution in [0.2, 0.25) is 0 Å². The van der Waals surface area contributed by atoms with Crippen LogP contribution >= 0.6 is 0 Å². The number of carbonyl (C=O) groups is 1. The first-order valence-corrected chi connectivity index (χ1v) is 11.5. The summed E-state index contributed by atoms with van der Waals surface area (Å²) >= 11 is 0. The number of aromatic nitrogens is 2. The minimum atomic E-state index is -0.289. The molecule has 1 aromatic carbocycles. The van der Waals surface area contributed by atoms with E-state index in [-0.39, 0.29) is 11.8 Å². The van der Waals surface area contributed by atoms with E-state index in [1.165, 1.54) is 12.1 Å². The molecule has 0 unspecified atom stereocenters. The van der Waals surface area contributed by atoms with Crippen LogP contribution in [0.5, 0.6) is 0 Å². The zero-order valence-corrected chi connectivity index (χ0v) is 20.3. The van der Waals surface area contributed by atoms with E-state index in [4.69, 9.17) is 5.10 Å². The summed E-state index contributed by atoms with van der Waals surface area (Å²) in [6.07, 6.45) is 0. The van der Waals surface area contributed by atoms with Crippen LogP contribution in [0.25, 0.3) is 5.69 Å². The normalized spacial score (nSPS) is 14.8. The number of benzene rings is 1. The molecule has 7 nitrogen and oxygen atoms in total. The summed E-state index contributed by atoms with van der Waals surface area (Å²) in [5.74, 6) is 1.02. The van der Waals surface area contributed by atoms with Crippen molar-refractivity contribution in [2.75, 3.05) is 58.3 Å². The Kier molecular flexibility index (Phi) is 7.77. The molecule has 1 saturated heterocycles. The number of carbonyl (C=O) groups excluding carboxylic acids is 1. The molecule has 0 spiro atoms. The molecule has 8 heteroatoms. The highest BCUT2D eigenvalue weighted by Gasteiger charge is 2.28. The average molecular weight is 445 g/mol. The van der Waals surface area contributed by atoms with Crippen molar-refractivity contribution in [1.29, 1.82) is 0 Å². The molecule has 0 aliphatic carbocycles. The predicted molar refractivity (Wildman–Crippen MR) is 127 cm³/mol. The molecule has 2 heterocycles. The lowest BCUT2D eigenvalue weighted by molar-refractivity contribution is 0.161. The van der Waals surface area contributed by atoms with Gasteiger partial charge >= 0.3 is 6.03 Å². The van der Waals surface area contributed by atoms with Gasteiger partial charge in [0, 0.05) is 52.4 Å². The third-order valence-corrected chi connectivity index (χ3v) is 5.92. The van der Waals surface area contributed by atoms with Gasteiger partial charge in [-0.25, -0.2) is 13.9 Å². The van der Waals surface area contributed by atoms with Gasteiger partial charge in [-0.15, -0.1) is 0 Å². The summed E-state index contributed by atoms with van der Waals surface area (Å²) in [6, 6.07) is 6.53. The molecule has 1 aliphatic rings. The third kappa shape index (κ3) is 5.41. The van der Waals surface area contributed by atoms with Gasteiger partial charge in [-0.1, -0.05) is 26.8 Å². The Hall–Kier alpha value is -2.61. The Morgan fingerprint density at radius 2 is 1.88 bits per heavy atom. The van der Waals surface area contributed by atoms with E-state index in [1.807, 2.05) is 22.6 Å². The van der Waals surface area contributed by atoms with Crippen molar-refractivity contribution in [1.82, 2.24) is 24.5 Å². The van der Waals surface area contributed by atoms with Gasteiger partial charge in [0.25, 0.3) is 0 Å². The molecule has 32 heavy (non-hydrogen) atoms. The van der Waals surface area contributed by atoms with Crippen molar-refractivity contribution in [3.05, 3.63) is 41.3 Å². The van der Waals surface area contributed by atoms with E-state index in [1.54, 1.807) is 25.1 Å². The first kappa shape index (κ1) is 24.0. The molecule has 1 aliphatic heterocycles. The first-order chi connectivity index (χ1) is 15.2. The van der Waals surface area contributed by atoms with Crippen molar-refractivity contribution < 1.29 is 9.18 Å². The molecular formula is C24H37FN6O. The van der Waals surface area contributed by atoms with E-state index in [0.717, 1.165) is 49.8 Å². The summed E-state index contributed by atoms with van der Waals surface area (Å²) in [4.78, 5) is 21.2. The molecular weight excluding hydrogens is 407 g/mol. The minimum Gasteiger partial charge on any atom is -0.354 e. The number of amides is 2. The molecule has 0 radical (unpaired) electrons. The maximum Gasteiger partial charge on any atom is 0.319 e. The lowest BCUT2D eigenvalue weighted by atomic mass is 10.1. The zero-order valence-electron chi connectivity index (χ0n) is 20.3. The van der Waals surface area contributed by atoms with Gasteiger partial charge in [0.05, 0.1) is 17.9 Å². The van der Waals surface area contributed by atoms with Gasteiger partial charge in [0.15, 0.2) is 0 Å². The Balaban J connectivity index is 2.05. The van der Waals surface area contributed by atoms with Crippen LogP contribution in [-0.2, 0) is 6.54 Å². The van der Waals surface area contributed by atoms with E-state index >= 15 is 0 Å². The molecule has 0 N–H and O–H groups in total. The van der Waals surface area contributed by atoms with Crippen molar-refractivity contribution in [3.8, 4) is 5.69 Å². The highest BCUT2D eigenvalue weighted by Crippen LogP contribution is 2.30. The topological polar surface area (TPSA) is 47.9 Å². The first-order valence-electron chi connectivity index (χ1n) is 11.5. The van der Waals surface area contributed by atoms with Gasteiger partial charge in [-0.2, -0.15) is 5.10 Å². The number of nitrogens with zero attached hydrogens (tertiary/aromatic N) is 6. The van der Waals surface area contributed by atoms with Gasteiger partial charge in [0.2, 0.25) is 0 Å². The lowest BCUT2D eigenvalue weighted by Gasteiger charge is -2.36. The molecule has 1 fully saturated rings. The van der Waals surface area contributed by atoms with Crippen molar-refractivity contribution in [2.24, 2.45) is 5.92 Å². The second-order valence-corrected chi connectivity index (χ2v) is 9.15. The number of rotatable bonds is 7. The van der Waals surface area contributed by atoms with Crippen LogP contribution in [0.4, 0.5) is 15.0 Å². The summed E-state index contributed by atoms with van der Waals surface area (Å²) in [5.41, 5.74) is 2.58. The summed E-state index contributed by atoms with van der Waals surface area (Å²) < 4.78 is 15.9. The Morgan fingerprint density at radius 3 is 2.44 bits per heavy atom. The Labute approximate surface area is 191 Å². The highest BCUT2D eigenvalue weighted by molar-refractivity contribution is 5.74. The minimum absolute atomic E-state index is 0.0154. The highest BCUT2D eigenvalue weighted by atomic mass is 19.1. The van der Waals surface area contributed by atoms with Crippen LogP contribution in [0.15, 0.2) is 24.3 Å². The fourth-order valence-corrected chi connectivity index (χ4v) is 4.25. The number of anilines is 1. The maximum absolute atomic E-state index is 14.1. The van der Waals surface area contributed by atoms with Crippen LogP contribution in [0, 0.1) is 18.7 Å². The SMILES string of the molecule is CCN1CCN(c2c(CN(CC(C)C)C(=O)N(C)C)c(C)nn2-c2cccc(F)c2)CC1. The fourth-order valence-electron chi connectivity index (χ4n) is 4.25. The van der Waals surface area contributed by atoms with Crippen molar-refractivity contribution in [3.63, 3.8) is 0 Å². The second-order valence-electron chi connectivity index (χ2n) is 9.15. The smallest absolute Gasteiger partial charge is 0.319 e. The van der Waals surface area contributed by atoms with E-state index in [9.17, 15) is 9.18 Å². The van der Waals surface area contributed by atoms with Crippen LogP contribution < -0.4 is 4.90 Å². The number of aryl methyl sites for hydroxylation is 1. The number of piperazine rings is 1. The molecule has 3 rings (SSSR count). The number of halogens is 1. The standard InChI is InChI=1S/C24H37FN6O/c1-7-28-11-13-29(14-12-28)23-22(17-30(16-18(2)3)24(32)27(5)6)19(4)26-31(23)21-10-8-9-20(25)15-21/h8-10,15,18H,7,11-14,16-17H2,1-6H3. The zero-order chi connectivity index (χ0) is 23.4. The van der Waals surface area contributed by atoms with Gasteiger partial charge < -0.3 is 19.6 Å². The van der Waals surface area contributed by atoms with Crippen molar-refractivity contribution >= 4 is 11.8 Å². The van der Waals surface area contributed by atoms with E-state index in [0.29, 0.717) is 24.7 Å². The average Bonchev–Trinajstić information content (AvgIpc) is 3.08. The molecule has 0 saturated carbocycles. The van der Waals surface area contributed by atoms with Gasteiger partial charge in [-0.05, 0) is 37.6 Å². The van der Waals surface area contributed by atoms with Crippen LogP contribution in [0.3, 0.4) is 0 Å². The maximum atomic E-state index is 14.1. The molecule has 176 valence electrons. The van der Waals surface area contributed by atoms with E-state index < -0.39 is 0 Å². The Morgan fingerprint density at radius 1 is 1.19 bits per heavy atom. The van der Waals surface area contributed by atoms with Gasteiger partial charge in [-0.3, -0.25) is 0 Å². The monoisotopic (exact) mass is 444 g/mol. The van der Waals surface area contributed by atoms with Gasteiger partial charge in [0.1, 0.15) is 11.6 Å². The number of urea groups is 1. The quantitative estimate of drug-likeness (QED) is 0.655. The Bertz CT molecular complexity index is 917. The molecule has 1 aromatic heterocycles. The number of hydrogen-bond acceptors (Lipinski definition) is 4. The fraction of sp³-hybridized carbons (Fsp3) is 0.583. The van der Waals surface area contributed by atoms with Crippen molar-refractivity contribution in [2.45, 2.75) is 34.2 Å². The van der Waals surface area contributed by atoms with Crippen LogP contribution in [0.1, 0.15) is 32.0 Å². The third-order valence-electron chi connectivity index (χ3n) is 5.92. The second kappa shape index (κ2) is 10.3. The summed E-state index contributed by atoms with van der Waals surface area (Å²) in [7, 11) is 3.56. The largest absolute Gasteiger partial charge is 0.354 e. The summed E-state index contributed by atoms with van der Waals surface area (Å²) in [6.45, 7) is 14.2. The summed E-state index contributed by atoms with van der Waals surface area (Å²) in [5, 5.41) is 4.82. The van der Waals surface area contributed by atoms with Crippen LogP contribution in [-0.4, -0.2) is 83.9 Å². The number of likely N-dealkylation sites (N-methyl/N-ethyl adjacent to an activating group) is 1. The van der Waals surface area contributed by atoms with E-state index in [2.05, 4.69) is 30.6 Å². The molecule has 0 atom stereocenters.